The molecule has 2 heterocycles. The molecule has 4 atom stereocenters. The number of hydrogen-bond donors (Lipinski definition) is 7. The fourth-order valence-electron chi connectivity index (χ4n) is 7.47. The van der Waals surface area contributed by atoms with E-state index in [-0.39, 0.29) is 57.0 Å². The first-order chi connectivity index (χ1) is 28.9. The van der Waals surface area contributed by atoms with Gasteiger partial charge in [0.05, 0.1) is 25.9 Å². The number of urea groups is 1. The van der Waals surface area contributed by atoms with Gasteiger partial charge < -0.3 is 46.7 Å². The molecule has 1 spiro atoms. The van der Waals surface area contributed by atoms with Gasteiger partial charge in [-0.25, -0.2) is 4.79 Å². The zero-order valence-corrected chi connectivity index (χ0v) is 35.5. The molecule has 0 aromatic heterocycles. The van der Waals surface area contributed by atoms with Crippen molar-refractivity contribution in [3.63, 3.8) is 0 Å². The van der Waals surface area contributed by atoms with Gasteiger partial charge in [-0.3, -0.25) is 29.3 Å². The van der Waals surface area contributed by atoms with E-state index in [1.807, 2.05) is 74.5 Å². The van der Waals surface area contributed by atoms with Crippen LogP contribution in [-0.4, -0.2) is 123 Å². The Morgan fingerprint density at radius 2 is 1.40 bits per heavy atom. The Bertz CT molecular complexity index is 1670. The zero-order chi connectivity index (χ0) is 43.3. The van der Waals surface area contributed by atoms with Gasteiger partial charge in [-0.15, -0.1) is 0 Å². The number of rotatable bonds is 26. The van der Waals surface area contributed by atoms with Crippen molar-refractivity contribution in [1.82, 2.24) is 36.8 Å². The molecule has 16 heteroatoms. The number of methoxy groups -OCH3 is 1. The predicted octanol–water partition coefficient (Wildman–Crippen LogP) is 1.70. The standard InChI is InChI=1S/C44H66N8O8/c1-31(2)29-37(49-39(54)35(19-18-32-13-7-4-8-14-32)47-38(53)34(45)30-33-15-9-5-10-16-33)40(55)48-36(17-11-6-12-22-46-23-26-60-28-27-59-3)41(56)52-24-20-44(21-25-52)42(57)50-43(58)51-44/h4-5,7-10,13-16,31,34-37,46H,6,11-12,17-30,45H2,1-3H3,(H,47,53)(H,48,55)(H,49,54)(H2,50,51,57,58)/t34-,35-,36-,37-/m1/s1. The van der Waals surface area contributed by atoms with Crippen LogP contribution >= 0.6 is 0 Å². The largest absolute Gasteiger partial charge is 0.382 e. The number of amides is 7. The summed E-state index contributed by atoms with van der Waals surface area (Å²) in [5.41, 5.74) is 7.13. The van der Waals surface area contributed by atoms with Gasteiger partial charge in [0.2, 0.25) is 23.6 Å². The van der Waals surface area contributed by atoms with E-state index in [1.54, 1.807) is 12.0 Å². The topological polar surface area (TPSA) is 222 Å². The van der Waals surface area contributed by atoms with Gasteiger partial charge in [-0.1, -0.05) is 87.4 Å². The summed E-state index contributed by atoms with van der Waals surface area (Å²) in [5.74, 6) is -2.20. The van der Waals surface area contributed by atoms with Crippen molar-refractivity contribution < 1.29 is 38.2 Å². The van der Waals surface area contributed by atoms with Crippen LogP contribution in [0.3, 0.4) is 0 Å². The van der Waals surface area contributed by atoms with Crippen LogP contribution in [0, 0.1) is 5.92 Å². The molecule has 4 rings (SSSR count). The summed E-state index contributed by atoms with van der Waals surface area (Å²) in [5, 5.41) is 17.1. The summed E-state index contributed by atoms with van der Waals surface area (Å²) in [6.45, 7) is 7.44. The first kappa shape index (κ1) is 47.8. The second-order valence-electron chi connectivity index (χ2n) is 16.2. The molecule has 0 bridgehead atoms. The Hall–Kier alpha value is -4.90. The third-order valence-electron chi connectivity index (χ3n) is 10.9. The summed E-state index contributed by atoms with van der Waals surface area (Å²) < 4.78 is 10.5. The first-order valence-electron chi connectivity index (χ1n) is 21.3. The number of carbonyl (C=O) groups is 6. The second-order valence-corrected chi connectivity index (χ2v) is 16.2. The minimum Gasteiger partial charge on any atom is -0.382 e. The predicted molar refractivity (Wildman–Crippen MR) is 227 cm³/mol. The normalized spacial score (nSPS) is 16.7. The Morgan fingerprint density at radius 3 is 2.03 bits per heavy atom. The summed E-state index contributed by atoms with van der Waals surface area (Å²) in [6.07, 6.45) is 4.48. The maximum Gasteiger partial charge on any atom is 0.322 e. The van der Waals surface area contributed by atoms with Crippen LogP contribution in [0.1, 0.15) is 76.3 Å². The van der Waals surface area contributed by atoms with Gasteiger partial charge in [0.25, 0.3) is 5.91 Å². The SMILES string of the molecule is COCCOCCNCCCCC[C@@H](NC(=O)[C@@H](CC(C)C)NC(=O)[C@@H](CCc1ccccc1)NC(=O)[C@H](N)Cc1ccccc1)C(=O)N1CCC2(CC1)NC(=O)NC2=O. The second kappa shape index (κ2) is 25.0. The third-order valence-corrected chi connectivity index (χ3v) is 10.9. The zero-order valence-electron chi connectivity index (χ0n) is 35.5. The van der Waals surface area contributed by atoms with Gasteiger partial charge in [-0.2, -0.15) is 0 Å². The lowest BCUT2D eigenvalue weighted by atomic mass is 9.87. The van der Waals surface area contributed by atoms with E-state index < -0.39 is 59.4 Å². The first-order valence-corrected chi connectivity index (χ1v) is 21.3. The molecule has 7 amide bonds. The van der Waals surface area contributed by atoms with Gasteiger partial charge in [0.1, 0.15) is 23.7 Å². The van der Waals surface area contributed by atoms with E-state index in [9.17, 15) is 28.8 Å². The molecule has 330 valence electrons. The maximum absolute atomic E-state index is 14.2. The number of nitrogens with one attached hydrogen (secondary N) is 6. The van der Waals surface area contributed by atoms with Crippen molar-refractivity contribution in [1.29, 1.82) is 0 Å². The molecule has 2 fully saturated rings. The fourth-order valence-corrected chi connectivity index (χ4v) is 7.47. The molecule has 2 saturated heterocycles. The lowest BCUT2D eigenvalue weighted by Crippen LogP contribution is -2.60. The molecule has 0 saturated carbocycles. The van der Waals surface area contributed by atoms with E-state index in [2.05, 4.69) is 31.9 Å². The van der Waals surface area contributed by atoms with Gasteiger partial charge >= 0.3 is 6.03 Å². The maximum atomic E-state index is 14.2. The summed E-state index contributed by atoms with van der Waals surface area (Å²) >= 11 is 0. The summed E-state index contributed by atoms with van der Waals surface area (Å²) in [7, 11) is 1.63. The van der Waals surface area contributed by atoms with Crippen molar-refractivity contribution in [2.24, 2.45) is 11.7 Å². The average Bonchev–Trinajstić information content (AvgIpc) is 3.51. The number of ether oxygens (including phenoxy) is 2. The van der Waals surface area contributed by atoms with E-state index in [0.717, 1.165) is 30.5 Å². The van der Waals surface area contributed by atoms with Crippen LogP contribution in [0.15, 0.2) is 60.7 Å². The highest BCUT2D eigenvalue weighted by Gasteiger charge is 2.49. The number of hydrogen-bond acceptors (Lipinski definition) is 10. The highest BCUT2D eigenvalue weighted by molar-refractivity contribution is 6.07. The molecule has 2 aliphatic heterocycles. The highest BCUT2D eigenvalue weighted by Crippen LogP contribution is 2.26. The quantitative estimate of drug-likeness (QED) is 0.0537. The van der Waals surface area contributed by atoms with Crippen molar-refractivity contribution >= 4 is 35.6 Å². The molecule has 60 heavy (non-hydrogen) atoms. The monoisotopic (exact) mass is 835 g/mol. The van der Waals surface area contributed by atoms with Gasteiger partial charge in [0, 0.05) is 26.7 Å². The number of imide groups is 1. The Balaban J connectivity index is 1.43. The smallest absolute Gasteiger partial charge is 0.322 e. The van der Waals surface area contributed by atoms with Crippen molar-refractivity contribution in [2.75, 3.05) is 53.1 Å². The average molecular weight is 835 g/mol. The summed E-state index contributed by atoms with van der Waals surface area (Å²) in [4.78, 5) is 82.0. The van der Waals surface area contributed by atoms with Gasteiger partial charge in [0.15, 0.2) is 0 Å². The van der Waals surface area contributed by atoms with Gasteiger partial charge in [-0.05, 0) is 75.0 Å². The van der Waals surface area contributed by atoms with Crippen LogP contribution in [0.2, 0.25) is 0 Å². The lowest BCUT2D eigenvalue weighted by molar-refractivity contribution is -0.140. The Labute approximate surface area is 354 Å². The number of benzene rings is 2. The minimum atomic E-state index is -1.06. The van der Waals surface area contributed by atoms with Crippen LogP contribution in [0.25, 0.3) is 0 Å². The number of likely N-dealkylation sites (tertiary alicyclic amines) is 1. The Kier molecular flexibility index (Phi) is 19.9. The molecule has 0 unspecified atom stereocenters. The fraction of sp³-hybridized carbons (Fsp3) is 0.591. The molecule has 0 aliphatic carbocycles. The summed E-state index contributed by atoms with van der Waals surface area (Å²) in [6, 6.07) is 14.7. The molecule has 2 aromatic carbocycles. The number of piperidine rings is 1. The van der Waals surface area contributed by atoms with Crippen LogP contribution in [0.5, 0.6) is 0 Å². The highest BCUT2D eigenvalue weighted by atomic mass is 16.5. The third kappa shape index (κ3) is 15.6. The molecule has 2 aliphatic rings. The number of unbranched alkanes of at least 4 members (excludes halogenated alkanes) is 2. The van der Waals surface area contributed by atoms with E-state index >= 15 is 0 Å². The van der Waals surface area contributed by atoms with Crippen LogP contribution in [-0.2, 0) is 46.3 Å². The number of nitrogens with two attached hydrogens (primary N) is 1. The van der Waals surface area contributed by atoms with E-state index in [1.165, 1.54) is 0 Å². The molecule has 2 aromatic rings. The van der Waals surface area contributed by atoms with Crippen molar-refractivity contribution in [3.05, 3.63) is 71.8 Å². The molecular weight excluding hydrogens is 769 g/mol. The van der Waals surface area contributed by atoms with Crippen LogP contribution in [0.4, 0.5) is 4.79 Å². The van der Waals surface area contributed by atoms with Crippen LogP contribution < -0.4 is 37.6 Å². The number of aryl methyl sites for hydroxylation is 1. The molecular formula is C44H66N8O8. The number of carbonyl (C=O) groups excluding carboxylic acids is 6. The number of nitrogens with zero attached hydrogens (tertiary/aromatic N) is 1. The minimum absolute atomic E-state index is 0.00390. The molecule has 8 N–H and O–H groups in total. The molecule has 16 nitrogen and oxygen atoms in total. The Morgan fingerprint density at radius 1 is 0.767 bits per heavy atom. The lowest BCUT2D eigenvalue weighted by Gasteiger charge is -2.38. The molecule has 0 radical (unpaired) electrons. The van der Waals surface area contributed by atoms with Crippen molar-refractivity contribution in [2.45, 2.75) is 108 Å². The van der Waals surface area contributed by atoms with Crippen molar-refractivity contribution in [3.8, 4) is 0 Å². The van der Waals surface area contributed by atoms with E-state index in [0.29, 0.717) is 45.6 Å². The van der Waals surface area contributed by atoms with E-state index in [4.69, 9.17) is 15.2 Å².